The van der Waals surface area contributed by atoms with Crippen LogP contribution in [0.4, 0.5) is 5.69 Å². The van der Waals surface area contributed by atoms with Crippen molar-refractivity contribution in [2.45, 2.75) is 11.6 Å². The van der Waals surface area contributed by atoms with Crippen LogP contribution in [0.25, 0.3) is 11.4 Å². The van der Waals surface area contributed by atoms with Crippen molar-refractivity contribution in [3.8, 4) is 11.4 Å². The Labute approximate surface area is 164 Å². The van der Waals surface area contributed by atoms with E-state index in [0.717, 1.165) is 5.56 Å². The van der Waals surface area contributed by atoms with E-state index in [0.29, 0.717) is 38.9 Å². The van der Waals surface area contributed by atoms with E-state index in [1.54, 1.807) is 36.4 Å². The quantitative estimate of drug-likeness (QED) is 0.474. The molecule has 0 saturated carbocycles. The number of aromatic nitrogens is 3. The second-order valence-electron chi connectivity index (χ2n) is 5.34. The van der Waals surface area contributed by atoms with Gasteiger partial charge in [0.25, 0.3) is 0 Å². The van der Waals surface area contributed by atoms with E-state index in [9.17, 15) is 4.79 Å². The summed E-state index contributed by atoms with van der Waals surface area (Å²) in [6, 6.07) is 14.2. The summed E-state index contributed by atoms with van der Waals surface area (Å²) in [5.41, 5.74) is 1.48. The fourth-order valence-corrected chi connectivity index (χ4v) is 3.31. The second kappa shape index (κ2) is 8.44. The zero-order chi connectivity index (χ0) is 18.5. The van der Waals surface area contributed by atoms with Crippen molar-refractivity contribution in [1.82, 2.24) is 14.9 Å². The summed E-state index contributed by atoms with van der Waals surface area (Å²) in [5.74, 6) is 6.99. The molecule has 26 heavy (non-hydrogen) atoms. The first-order chi connectivity index (χ1) is 12.5. The maximum absolute atomic E-state index is 12.0. The van der Waals surface area contributed by atoms with Crippen LogP contribution >= 0.6 is 35.0 Å². The number of amides is 1. The molecule has 134 valence electrons. The van der Waals surface area contributed by atoms with Crippen molar-refractivity contribution in [2.75, 3.05) is 16.9 Å². The van der Waals surface area contributed by atoms with Gasteiger partial charge in [-0.3, -0.25) is 4.79 Å². The molecule has 2 aromatic carbocycles. The molecule has 1 amide bonds. The zero-order valence-electron chi connectivity index (χ0n) is 13.5. The van der Waals surface area contributed by atoms with Crippen LogP contribution in [0.1, 0.15) is 6.42 Å². The Bertz CT molecular complexity index is 914. The number of anilines is 1. The first-order valence-electron chi connectivity index (χ1n) is 7.67. The van der Waals surface area contributed by atoms with Crippen LogP contribution in [0.2, 0.25) is 10.0 Å². The minimum absolute atomic E-state index is 0.110. The number of halogens is 2. The smallest absolute Gasteiger partial charge is 0.225 e. The number of rotatable bonds is 6. The van der Waals surface area contributed by atoms with Gasteiger partial charge >= 0.3 is 0 Å². The van der Waals surface area contributed by atoms with Gasteiger partial charge in [0.15, 0.2) is 5.82 Å². The van der Waals surface area contributed by atoms with Crippen molar-refractivity contribution >= 4 is 46.6 Å². The van der Waals surface area contributed by atoms with Gasteiger partial charge in [-0.15, -0.1) is 10.2 Å². The Morgan fingerprint density at radius 2 is 1.88 bits per heavy atom. The Hall–Kier alpha value is -2.22. The number of nitrogens with zero attached hydrogens (tertiary/aromatic N) is 3. The zero-order valence-corrected chi connectivity index (χ0v) is 15.9. The molecule has 0 bridgehead atoms. The van der Waals surface area contributed by atoms with Crippen molar-refractivity contribution in [1.29, 1.82) is 0 Å². The summed E-state index contributed by atoms with van der Waals surface area (Å²) in [6.45, 7) is 0. The first kappa shape index (κ1) is 18.6. The number of nitrogen functional groups attached to an aromatic ring is 1. The number of carbonyl (C=O) groups is 1. The molecule has 0 spiro atoms. The average molecular weight is 408 g/mol. The Morgan fingerprint density at radius 1 is 1.12 bits per heavy atom. The number of carbonyl (C=O) groups excluding carboxylic acids is 1. The van der Waals surface area contributed by atoms with Crippen LogP contribution in [0.3, 0.4) is 0 Å². The minimum Gasteiger partial charge on any atom is -0.335 e. The fraction of sp³-hybridized carbons (Fsp3) is 0.118. The van der Waals surface area contributed by atoms with Gasteiger partial charge in [0.1, 0.15) is 0 Å². The molecule has 0 unspecified atom stereocenters. The third-order valence-electron chi connectivity index (χ3n) is 3.44. The summed E-state index contributed by atoms with van der Waals surface area (Å²) in [7, 11) is 0. The molecule has 0 saturated heterocycles. The first-order valence-corrected chi connectivity index (χ1v) is 9.42. The molecule has 3 N–H and O–H groups in total. The van der Waals surface area contributed by atoms with Crippen LogP contribution in [0, 0.1) is 0 Å². The monoisotopic (exact) mass is 407 g/mol. The molecular formula is C17H15Cl2N5OS. The van der Waals surface area contributed by atoms with Crippen molar-refractivity contribution in [2.24, 2.45) is 0 Å². The maximum atomic E-state index is 12.0. The number of nitrogens with two attached hydrogens (primary N) is 1. The van der Waals surface area contributed by atoms with E-state index < -0.39 is 0 Å². The lowest BCUT2D eigenvalue weighted by molar-refractivity contribution is -0.115. The van der Waals surface area contributed by atoms with Gasteiger partial charge in [0.2, 0.25) is 11.1 Å². The van der Waals surface area contributed by atoms with Crippen LogP contribution in [0.5, 0.6) is 0 Å². The average Bonchev–Trinajstić information content (AvgIpc) is 2.96. The highest BCUT2D eigenvalue weighted by molar-refractivity contribution is 7.99. The van der Waals surface area contributed by atoms with Crippen LogP contribution in [-0.2, 0) is 4.79 Å². The van der Waals surface area contributed by atoms with Crippen molar-refractivity contribution in [3.63, 3.8) is 0 Å². The number of nitrogens with one attached hydrogen (secondary N) is 1. The van der Waals surface area contributed by atoms with Crippen LogP contribution < -0.4 is 11.2 Å². The van der Waals surface area contributed by atoms with E-state index in [2.05, 4.69) is 15.5 Å². The van der Waals surface area contributed by atoms with Gasteiger partial charge in [0, 0.05) is 33.5 Å². The van der Waals surface area contributed by atoms with E-state index in [1.807, 2.05) is 12.1 Å². The lowest BCUT2D eigenvalue weighted by Crippen LogP contribution is -2.14. The topological polar surface area (TPSA) is 85.8 Å². The molecule has 1 heterocycles. The van der Waals surface area contributed by atoms with E-state index in [-0.39, 0.29) is 5.91 Å². The van der Waals surface area contributed by atoms with Gasteiger partial charge in [-0.25, -0.2) is 4.68 Å². The molecule has 0 atom stereocenters. The Balaban J connectivity index is 1.55. The molecule has 1 aromatic heterocycles. The van der Waals surface area contributed by atoms with Crippen LogP contribution in [-0.4, -0.2) is 26.5 Å². The molecule has 3 rings (SSSR count). The lowest BCUT2D eigenvalue weighted by atomic mass is 10.2. The predicted molar refractivity (Wildman–Crippen MR) is 106 cm³/mol. The Morgan fingerprint density at radius 3 is 2.62 bits per heavy atom. The SMILES string of the molecule is Nn1c(SCCC(=O)Nc2cccc(Cl)c2)nnc1-c1ccc(Cl)cc1. The third-order valence-corrected chi connectivity index (χ3v) is 4.87. The summed E-state index contributed by atoms with van der Waals surface area (Å²) < 4.78 is 1.41. The number of hydrogen-bond donors (Lipinski definition) is 2. The third kappa shape index (κ3) is 4.69. The molecule has 0 aliphatic rings. The Kier molecular flexibility index (Phi) is 6.03. The van der Waals surface area contributed by atoms with Crippen molar-refractivity contribution < 1.29 is 4.79 Å². The fourth-order valence-electron chi connectivity index (χ4n) is 2.20. The van der Waals surface area contributed by atoms with E-state index >= 15 is 0 Å². The second-order valence-corrected chi connectivity index (χ2v) is 7.28. The molecule has 3 aromatic rings. The van der Waals surface area contributed by atoms with Gasteiger partial charge in [0.05, 0.1) is 0 Å². The normalized spacial score (nSPS) is 10.7. The molecule has 0 aliphatic heterocycles. The maximum Gasteiger partial charge on any atom is 0.225 e. The largest absolute Gasteiger partial charge is 0.335 e. The molecule has 0 radical (unpaired) electrons. The number of hydrogen-bond acceptors (Lipinski definition) is 5. The molecule has 6 nitrogen and oxygen atoms in total. The van der Waals surface area contributed by atoms with Crippen molar-refractivity contribution in [3.05, 3.63) is 58.6 Å². The molecule has 9 heteroatoms. The van der Waals surface area contributed by atoms with E-state index in [4.69, 9.17) is 29.0 Å². The minimum atomic E-state index is -0.110. The summed E-state index contributed by atoms with van der Waals surface area (Å²) in [4.78, 5) is 12.0. The van der Waals surface area contributed by atoms with E-state index in [1.165, 1.54) is 16.4 Å². The summed E-state index contributed by atoms with van der Waals surface area (Å²) in [5, 5.41) is 12.7. The van der Waals surface area contributed by atoms with Gasteiger partial charge < -0.3 is 11.2 Å². The predicted octanol–water partition coefficient (Wildman–Crippen LogP) is 4.09. The summed E-state index contributed by atoms with van der Waals surface area (Å²) in [6.07, 6.45) is 0.306. The van der Waals surface area contributed by atoms with Gasteiger partial charge in [-0.1, -0.05) is 41.0 Å². The molecule has 0 aliphatic carbocycles. The highest BCUT2D eigenvalue weighted by atomic mass is 35.5. The molecular weight excluding hydrogens is 393 g/mol. The highest BCUT2D eigenvalue weighted by Gasteiger charge is 2.13. The highest BCUT2D eigenvalue weighted by Crippen LogP contribution is 2.23. The van der Waals surface area contributed by atoms with Crippen LogP contribution in [0.15, 0.2) is 53.7 Å². The number of thioether (sulfide) groups is 1. The lowest BCUT2D eigenvalue weighted by Gasteiger charge is -2.06. The number of benzene rings is 2. The summed E-state index contributed by atoms with van der Waals surface area (Å²) >= 11 is 13.1. The van der Waals surface area contributed by atoms with Gasteiger partial charge in [-0.05, 0) is 42.5 Å². The van der Waals surface area contributed by atoms with Gasteiger partial charge in [-0.2, -0.15) is 0 Å². The standard InChI is InChI=1S/C17H15Cl2N5OS/c18-12-6-4-11(5-7-12)16-22-23-17(24(16)20)26-9-8-15(25)21-14-3-1-2-13(19)10-14/h1-7,10H,8-9,20H2,(H,21,25). The molecule has 0 fully saturated rings.